The second-order valence-corrected chi connectivity index (χ2v) is 6.53. The molecule has 1 N–H and O–H groups in total. The SMILES string of the molecule is CC1=C(C(=O)N2CCC(n3ncc(C(=O)O)c3C)CC2)CCC1. The molecule has 0 saturated carbocycles. The summed E-state index contributed by atoms with van der Waals surface area (Å²) >= 11 is 0. The van der Waals surface area contributed by atoms with Gasteiger partial charge in [-0.1, -0.05) is 5.57 Å². The molecule has 0 unspecified atom stereocenters. The number of rotatable bonds is 3. The molecule has 2 heterocycles. The first-order valence-corrected chi connectivity index (χ1v) is 8.24. The molecule has 1 aromatic heterocycles. The summed E-state index contributed by atoms with van der Waals surface area (Å²) in [5, 5.41) is 13.4. The Hall–Kier alpha value is -2.11. The second-order valence-electron chi connectivity index (χ2n) is 6.53. The van der Waals surface area contributed by atoms with Crippen LogP contribution in [0.25, 0.3) is 0 Å². The molecule has 1 saturated heterocycles. The number of aromatic nitrogens is 2. The maximum atomic E-state index is 12.6. The van der Waals surface area contributed by atoms with Gasteiger partial charge in [0.2, 0.25) is 5.91 Å². The van der Waals surface area contributed by atoms with Crippen molar-refractivity contribution in [3.05, 3.63) is 28.6 Å². The van der Waals surface area contributed by atoms with E-state index < -0.39 is 5.97 Å². The van der Waals surface area contributed by atoms with Crippen molar-refractivity contribution in [2.24, 2.45) is 0 Å². The van der Waals surface area contributed by atoms with Crippen molar-refractivity contribution in [2.45, 2.75) is 52.0 Å². The van der Waals surface area contributed by atoms with Crippen LogP contribution in [0.15, 0.2) is 17.3 Å². The highest BCUT2D eigenvalue weighted by molar-refractivity contribution is 5.94. The number of carboxylic acid groups (broad SMARTS) is 1. The molecule has 0 radical (unpaired) electrons. The first-order valence-electron chi connectivity index (χ1n) is 8.24. The van der Waals surface area contributed by atoms with E-state index in [4.69, 9.17) is 5.11 Å². The standard InChI is InChI=1S/C17H23N3O3/c1-11-4-3-5-14(11)16(21)19-8-6-13(7-9-19)20-12(2)15(10-18-20)17(22)23/h10,13H,3-9H2,1-2H3,(H,22,23). The van der Waals surface area contributed by atoms with Crippen LogP contribution in [0.5, 0.6) is 0 Å². The Kier molecular flexibility index (Phi) is 4.24. The molecule has 0 bridgehead atoms. The topological polar surface area (TPSA) is 75.4 Å². The smallest absolute Gasteiger partial charge is 0.339 e. The Morgan fingerprint density at radius 1 is 1.22 bits per heavy atom. The van der Waals surface area contributed by atoms with Crippen LogP contribution in [0.1, 0.15) is 61.1 Å². The van der Waals surface area contributed by atoms with Gasteiger partial charge in [0.15, 0.2) is 0 Å². The van der Waals surface area contributed by atoms with Crippen LogP contribution in [0.3, 0.4) is 0 Å². The minimum Gasteiger partial charge on any atom is -0.478 e. The van der Waals surface area contributed by atoms with Crippen LogP contribution in [0.2, 0.25) is 0 Å². The lowest BCUT2D eigenvalue weighted by Gasteiger charge is -2.33. The molecule has 0 aromatic carbocycles. The van der Waals surface area contributed by atoms with E-state index in [1.54, 1.807) is 6.92 Å². The Morgan fingerprint density at radius 2 is 1.91 bits per heavy atom. The van der Waals surface area contributed by atoms with Crippen molar-refractivity contribution in [1.82, 2.24) is 14.7 Å². The number of allylic oxidation sites excluding steroid dienone is 1. The number of hydrogen-bond acceptors (Lipinski definition) is 3. The molecule has 2 aliphatic rings. The van der Waals surface area contributed by atoms with Gasteiger partial charge in [0.05, 0.1) is 17.9 Å². The number of carboxylic acids is 1. The molecule has 1 aliphatic heterocycles. The zero-order valence-electron chi connectivity index (χ0n) is 13.7. The number of likely N-dealkylation sites (tertiary alicyclic amines) is 1. The second kappa shape index (κ2) is 6.18. The average molecular weight is 317 g/mol. The average Bonchev–Trinajstić information content (AvgIpc) is 3.12. The van der Waals surface area contributed by atoms with E-state index >= 15 is 0 Å². The number of carbonyl (C=O) groups excluding carboxylic acids is 1. The third-order valence-electron chi connectivity index (χ3n) is 5.12. The fourth-order valence-electron chi connectivity index (χ4n) is 3.69. The van der Waals surface area contributed by atoms with E-state index in [1.807, 2.05) is 9.58 Å². The fraction of sp³-hybridized carbons (Fsp3) is 0.588. The van der Waals surface area contributed by atoms with Crippen LogP contribution in [0, 0.1) is 6.92 Å². The van der Waals surface area contributed by atoms with Gasteiger partial charge in [-0.15, -0.1) is 0 Å². The maximum absolute atomic E-state index is 12.6. The normalized spacial score (nSPS) is 19.5. The van der Waals surface area contributed by atoms with Crippen LogP contribution >= 0.6 is 0 Å². The summed E-state index contributed by atoms with van der Waals surface area (Å²) < 4.78 is 1.81. The van der Waals surface area contributed by atoms with Gasteiger partial charge in [0.25, 0.3) is 0 Å². The maximum Gasteiger partial charge on any atom is 0.339 e. The lowest BCUT2D eigenvalue weighted by molar-refractivity contribution is -0.128. The predicted octanol–water partition coefficient (Wildman–Crippen LogP) is 2.55. The molecule has 1 amide bonds. The highest BCUT2D eigenvalue weighted by Crippen LogP contribution is 2.30. The van der Waals surface area contributed by atoms with Crippen molar-refractivity contribution in [1.29, 1.82) is 0 Å². The van der Waals surface area contributed by atoms with Gasteiger partial charge in [-0.3, -0.25) is 9.48 Å². The first kappa shape index (κ1) is 15.8. The number of amides is 1. The highest BCUT2D eigenvalue weighted by Gasteiger charge is 2.29. The van der Waals surface area contributed by atoms with Gasteiger partial charge in [-0.25, -0.2) is 4.79 Å². The summed E-state index contributed by atoms with van der Waals surface area (Å²) in [4.78, 5) is 25.6. The Balaban J connectivity index is 1.66. The summed E-state index contributed by atoms with van der Waals surface area (Å²) in [7, 11) is 0. The molecular formula is C17H23N3O3. The van der Waals surface area contributed by atoms with E-state index in [9.17, 15) is 9.59 Å². The molecule has 6 nitrogen and oxygen atoms in total. The molecule has 124 valence electrons. The quantitative estimate of drug-likeness (QED) is 0.929. The monoisotopic (exact) mass is 317 g/mol. The molecule has 1 fully saturated rings. The van der Waals surface area contributed by atoms with Crippen LogP contribution in [0.4, 0.5) is 0 Å². The zero-order valence-corrected chi connectivity index (χ0v) is 13.7. The molecule has 23 heavy (non-hydrogen) atoms. The Labute approximate surface area is 135 Å². The first-order chi connectivity index (χ1) is 11.0. The molecule has 6 heteroatoms. The number of hydrogen-bond donors (Lipinski definition) is 1. The third-order valence-corrected chi connectivity index (χ3v) is 5.12. The zero-order chi connectivity index (χ0) is 16.6. The minimum absolute atomic E-state index is 0.172. The summed E-state index contributed by atoms with van der Waals surface area (Å²) in [6.07, 6.45) is 6.10. The molecular weight excluding hydrogens is 294 g/mol. The van der Waals surface area contributed by atoms with E-state index in [2.05, 4.69) is 12.0 Å². The minimum atomic E-state index is -0.940. The predicted molar refractivity (Wildman–Crippen MR) is 85.3 cm³/mol. The Bertz CT molecular complexity index is 667. The number of carbonyl (C=O) groups is 2. The van der Waals surface area contributed by atoms with Crippen molar-refractivity contribution < 1.29 is 14.7 Å². The largest absolute Gasteiger partial charge is 0.478 e. The summed E-state index contributed by atoms with van der Waals surface area (Å²) in [6.45, 7) is 5.28. The summed E-state index contributed by atoms with van der Waals surface area (Å²) in [5.41, 5.74) is 3.20. The van der Waals surface area contributed by atoms with Crippen molar-refractivity contribution in [3.8, 4) is 0 Å². The Morgan fingerprint density at radius 3 is 2.43 bits per heavy atom. The molecule has 1 aromatic rings. The van der Waals surface area contributed by atoms with Crippen LogP contribution < -0.4 is 0 Å². The van der Waals surface area contributed by atoms with Crippen molar-refractivity contribution in [3.63, 3.8) is 0 Å². The van der Waals surface area contributed by atoms with Gasteiger partial charge in [-0.05, 0) is 46.0 Å². The van der Waals surface area contributed by atoms with Crippen LogP contribution in [-0.2, 0) is 4.79 Å². The lowest BCUT2D eigenvalue weighted by atomic mass is 10.0. The van der Waals surface area contributed by atoms with E-state index in [-0.39, 0.29) is 17.5 Å². The van der Waals surface area contributed by atoms with Crippen LogP contribution in [-0.4, -0.2) is 44.8 Å². The third kappa shape index (κ3) is 2.90. The molecule has 3 rings (SSSR count). The number of piperidine rings is 1. The number of nitrogens with zero attached hydrogens (tertiary/aromatic N) is 3. The molecule has 0 spiro atoms. The van der Waals surface area contributed by atoms with Crippen molar-refractivity contribution >= 4 is 11.9 Å². The highest BCUT2D eigenvalue weighted by atomic mass is 16.4. The van der Waals surface area contributed by atoms with Gasteiger partial charge in [0.1, 0.15) is 5.56 Å². The van der Waals surface area contributed by atoms with E-state index in [0.717, 1.165) is 37.7 Å². The van der Waals surface area contributed by atoms with Gasteiger partial charge in [0, 0.05) is 18.7 Å². The van der Waals surface area contributed by atoms with E-state index in [1.165, 1.54) is 11.8 Å². The molecule has 0 atom stereocenters. The van der Waals surface area contributed by atoms with Gasteiger partial charge < -0.3 is 10.0 Å². The molecule has 1 aliphatic carbocycles. The van der Waals surface area contributed by atoms with Gasteiger partial charge >= 0.3 is 5.97 Å². The summed E-state index contributed by atoms with van der Waals surface area (Å²) in [6, 6.07) is 0.172. The summed E-state index contributed by atoms with van der Waals surface area (Å²) in [5.74, 6) is -0.744. The fourth-order valence-corrected chi connectivity index (χ4v) is 3.69. The van der Waals surface area contributed by atoms with Crippen molar-refractivity contribution in [2.75, 3.05) is 13.1 Å². The lowest BCUT2D eigenvalue weighted by Crippen LogP contribution is -2.40. The van der Waals surface area contributed by atoms with E-state index in [0.29, 0.717) is 18.8 Å². The van der Waals surface area contributed by atoms with Gasteiger partial charge in [-0.2, -0.15) is 5.10 Å². The number of aromatic carboxylic acids is 1.